The third-order valence-corrected chi connectivity index (χ3v) is 5.36. The van der Waals surface area contributed by atoms with Crippen molar-refractivity contribution in [2.45, 2.75) is 26.4 Å². The Kier molecular flexibility index (Phi) is 4.70. The number of fused-ring (bicyclic) bond motifs is 3. The van der Waals surface area contributed by atoms with E-state index < -0.39 is 0 Å². The molecule has 7 heteroatoms. The van der Waals surface area contributed by atoms with Gasteiger partial charge in [0.25, 0.3) is 5.56 Å². The molecule has 7 nitrogen and oxygen atoms in total. The lowest BCUT2D eigenvalue weighted by Crippen LogP contribution is -2.48. The molecule has 3 heterocycles. The van der Waals surface area contributed by atoms with Crippen molar-refractivity contribution in [3.05, 3.63) is 40.8 Å². The number of carbonyl (C=O) groups is 1. The number of aromatic nitrogens is 3. The topological polar surface area (TPSA) is 63.4 Å². The van der Waals surface area contributed by atoms with E-state index in [1.54, 1.807) is 6.20 Å². The molecule has 0 saturated carbocycles. The predicted molar refractivity (Wildman–Crippen MR) is 106 cm³/mol. The summed E-state index contributed by atoms with van der Waals surface area (Å²) in [7, 11) is 2.05. The molecule has 0 bridgehead atoms. The summed E-state index contributed by atoms with van der Waals surface area (Å²) in [5, 5.41) is 6.20. The second-order valence-corrected chi connectivity index (χ2v) is 7.22. The Morgan fingerprint density at radius 2 is 1.85 bits per heavy atom. The maximum absolute atomic E-state index is 13.2. The van der Waals surface area contributed by atoms with Crippen LogP contribution in [0.4, 0.5) is 0 Å². The van der Waals surface area contributed by atoms with Gasteiger partial charge in [-0.05, 0) is 19.5 Å². The van der Waals surface area contributed by atoms with E-state index >= 15 is 0 Å². The Labute approximate surface area is 157 Å². The fraction of sp³-hybridized carbons (Fsp3) is 0.450. The van der Waals surface area contributed by atoms with Gasteiger partial charge in [0.05, 0.1) is 6.20 Å². The molecule has 0 unspecified atom stereocenters. The Morgan fingerprint density at radius 3 is 2.59 bits per heavy atom. The van der Waals surface area contributed by atoms with Gasteiger partial charge in [0.1, 0.15) is 12.1 Å². The standard InChI is InChI=1S/C20H25N5O2/c1-3-8-24-17-7-5-4-6-15(17)16-13-21-25(20(27)19(16)24)14-18(26)23-11-9-22(2)10-12-23/h4-7,13H,3,8-12,14H2,1-2H3. The van der Waals surface area contributed by atoms with Crippen LogP contribution < -0.4 is 5.56 Å². The number of hydrogen-bond donors (Lipinski definition) is 0. The molecule has 0 aliphatic carbocycles. The summed E-state index contributed by atoms with van der Waals surface area (Å²) >= 11 is 0. The Hall–Kier alpha value is -2.67. The van der Waals surface area contributed by atoms with Gasteiger partial charge in [0, 0.05) is 49.0 Å². The summed E-state index contributed by atoms with van der Waals surface area (Å²) in [4.78, 5) is 29.8. The van der Waals surface area contributed by atoms with Crippen LogP contribution in [0.5, 0.6) is 0 Å². The van der Waals surface area contributed by atoms with E-state index in [2.05, 4.69) is 21.5 Å². The minimum Gasteiger partial charge on any atom is -0.339 e. The normalized spacial score (nSPS) is 15.7. The molecule has 0 atom stereocenters. The maximum atomic E-state index is 13.2. The first-order valence-corrected chi connectivity index (χ1v) is 9.53. The molecule has 1 fully saturated rings. The van der Waals surface area contributed by atoms with Crippen LogP contribution in [0.25, 0.3) is 21.8 Å². The molecule has 1 aliphatic heterocycles. The summed E-state index contributed by atoms with van der Waals surface area (Å²) in [5.74, 6) is -0.0461. The van der Waals surface area contributed by atoms with Crippen molar-refractivity contribution >= 4 is 27.7 Å². The first kappa shape index (κ1) is 17.7. The van der Waals surface area contributed by atoms with Gasteiger partial charge in [-0.3, -0.25) is 9.59 Å². The van der Waals surface area contributed by atoms with Crippen LogP contribution in [0.3, 0.4) is 0 Å². The quantitative estimate of drug-likeness (QED) is 0.702. The zero-order valence-electron chi connectivity index (χ0n) is 15.9. The zero-order chi connectivity index (χ0) is 19.0. The highest BCUT2D eigenvalue weighted by atomic mass is 16.2. The fourth-order valence-electron chi connectivity index (χ4n) is 3.85. The fourth-order valence-corrected chi connectivity index (χ4v) is 3.85. The molecule has 4 rings (SSSR count). The maximum Gasteiger partial charge on any atom is 0.291 e. The molecule has 1 aromatic carbocycles. The molecule has 1 saturated heterocycles. The second kappa shape index (κ2) is 7.15. The summed E-state index contributed by atoms with van der Waals surface area (Å²) in [5.41, 5.74) is 1.48. The molecular formula is C20H25N5O2. The number of para-hydroxylation sites is 1. The number of benzene rings is 1. The van der Waals surface area contributed by atoms with Gasteiger partial charge < -0.3 is 14.4 Å². The molecule has 1 aliphatic rings. The zero-order valence-corrected chi connectivity index (χ0v) is 15.9. The molecule has 142 valence electrons. The lowest BCUT2D eigenvalue weighted by molar-refractivity contribution is -0.133. The van der Waals surface area contributed by atoms with Crippen LogP contribution in [-0.4, -0.2) is 63.3 Å². The number of carbonyl (C=O) groups excluding carboxylic acids is 1. The van der Waals surface area contributed by atoms with Gasteiger partial charge in [-0.15, -0.1) is 0 Å². The van der Waals surface area contributed by atoms with Crippen molar-refractivity contribution in [3.8, 4) is 0 Å². The van der Waals surface area contributed by atoms with E-state index in [0.29, 0.717) is 18.6 Å². The third-order valence-electron chi connectivity index (χ3n) is 5.36. The van der Waals surface area contributed by atoms with Crippen LogP contribution >= 0.6 is 0 Å². The highest BCUT2D eigenvalue weighted by molar-refractivity contribution is 6.07. The summed E-state index contributed by atoms with van der Waals surface area (Å²) < 4.78 is 3.37. The van der Waals surface area contributed by atoms with Gasteiger partial charge in [0.15, 0.2) is 0 Å². The minimum absolute atomic E-state index is 0.00780. The van der Waals surface area contributed by atoms with E-state index in [9.17, 15) is 9.59 Å². The SMILES string of the molecule is CCCn1c2ccccc2c2cnn(CC(=O)N3CCN(C)CC3)c(=O)c21. The Bertz CT molecular complexity index is 1040. The van der Waals surface area contributed by atoms with E-state index in [4.69, 9.17) is 0 Å². The number of amides is 1. The number of hydrogen-bond acceptors (Lipinski definition) is 4. The number of piperazine rings is 1. The molecule has 0 N–H and O–H groups in total. The summed E-state index contributed by atoms with van der Waals surface area (Å²) in [6.45, 7) is 5.96. The van der Waals surface area contributed by atoms with Crippen molar-refractivity contribution in [3.63, 3.8) is 0 Å². The van der Waals surface area contributed by atoms with E-state index in [0.717, 1.165) is 42.3 Å². The lowest BCUT2D eigenvalue weighted by Gasteiger charge is -2.32. The average Bonchev–Trinajstić information content (AvgIpc) is 2.99. The Balaban J connectivity index is 1.73. The van der Waals surface area contributed by atoms with E-state index in [1.807, 2.05) is 36.2 Å². The van der Waals surface area contributed by atoms with Gasteiger partial charge in [-0.2, -0.15) is 5.10 Å². The molecule has 0 radical (unpaired) electrons. The Morgan fingerprint density at radius 1 is 1.11 bits per heavy atom. The van der Waals surface area contributed by atoms with Gasteiger partial charge in [0.2, 0.25) is 5.91 Å². The van der Waals surface area contributed by atoms with Crippen molar-refractivity contribution in [2.75, 3.05) is 33.2 Å². The van der Waals surface area contributed by atoms with Crippen molar-refractivity contribution in [2.24, 2.45) is 0 Å². The van der Waals surface area contributed by atoms with Crippen molar-refractivity contribution < 1.29 is 4.79 Å². The molecule has 1 amide bonds. The number of nitrogens with zero attached hydrogens (tertiary/aromatic N) is 5. The predicted octanol–water partition coefficient (Wildman–Crippen LogP) is 1.54. The molecule has 2 aromatic heterocycles. The summed E-state index contributed by atoms with van der Waals surface area (Å²) in [6, 6.07) is 8.01. The van der Waals surface area contributed by atoms with Crippen LogP contribution in [0, 0.1) is 0 Å². The third kappa shape index (κ3) is 3.12. The van der Waals surface area contributed by atoms with Crippen LogP contribution in [0.15, 0.2) is 35.3 Å². The molecular weight excluding hydrogens is 342 g/mol. The second-order valence-electron chi connectivity index (χ2n) is 7.22. The van der Waals surface area contributed by atoms with E-state index in [-0.39, 0.29) is 18.0 Å². The monoisotopic (exact) mass is 367 g/mol. The van der Waals surface area contributed by atoms with Gasteiger partial charge >= 0.3 is 0 Å². The highest BCUT2D eigenvalue weighted by Crippen LogP contribution is 2.26. The molecule has 3 aromatic rings. The van der Waals surface area contributed by atoms with Crippen LogP contribution in [0.2, 0.25) is 0 Å². The smallest absolute Gasteiger partial charge is 0.291 e. The van der Waals surface area contributed by atoms with Crippen molar-refractivity contribution in [1.82, 2.24) is 24.1 Å². The minimum atomic E-state index is -0.195. The van der Waals surface area contributed by atoms with Crippen LogP contribution in [-0.2, 0) is 17.9 Å². The number of rotatable bonds is 4. The van der Waals surface area contributed by atoms with Crippen LogP contribution in [0.1, 0.15) is 13.3 Å². The number of aryl methyl sites for hydroxylation is 1. The average molecular weight is 367 g/mol. The summed E-state index contributed by atoms with van der Waals surface area (Å²) in [6.07, 6.45) is 2.65. The first-order valence-electron chi connectivity index (χ1n) is 9.53. The first-order chi connectivity index (χ1) is 13.1. The highest BCUT2D eigenvalue weighted by Gasteiger charge is 2.21. The number of likely N-dealkylation sites (N-methyl/N-ethyl adjacent to an activating group) is 1. The largest absolute Gasteiger partial charge is 0.339 e. The van der Waals surface area contributed by atoms with E-state index in [1.165, 1.54) is 4.68 Å². The molecule has 27 heavy (non-hydrogen) atoms. The van der Waals surface area contributed by atoms with Gasteiger partial charge in [-0.25, -0.2) is 4.68 Å². The van der Waals surface area contributed by atoms with Crippen molar-refractivity contribution in [1.29, 1.82) is 0 Å². The lowest BCUT2D eigenvalue weighted by atomic mass is 10.2. The van der Waals surface area contributed by atoms with Gasteiger partial charge in [-0.1, -0.05) is 25.1 Å². The molecule has 0 spiro atoms.